The van der Waals surface area contributed by atoms with Crippen molar-refractivity contribution in [3.63, 3.8) is 0 Å². The average Bonchev–Trinajstić information content (AvgIpc) is 2.80. The van der Waals surface area contributed by atoms with Gasteiger partial charge in [0.2, 0.25) is 0 Å². The Bertz CT molecular complexity index is 1170. The smallest absolute Gasteiger partial charge is 0.271 e. The molecule has 0 atom stereocenters. The Morgan fingerprint density at radius 2 is 1.67 bits per heavy atom. The largest absolute Gasteiger partial charge is 0.493 e. The number of rotatable bonds is 8. The van der Waals surface area contributed by atoms with Gasteiger partial charge in [0.05, 0.1) is 13.3 Å². The standard InChI is InChI=1S/C26H27N3O4/c1-17-5-9-21(10-6-17)26(31)29-27-15-20-8-12-23(24(14-20)32-4)33-16-25(30)28-22-11-7-18(2)19(3)13-22/h5-15H,16H2,1-4H3,(H,28,30)(H,29,31)/b27-15+. The van der Waals surface area contributed by atoms with Crippen molar-refractivity contribution in [1.29, 1.82) is 0 Å². The lowest BCUT2D eigenvalue weighted by Gasteiger charge is -2.12. The summed E-state index contributed by atoms with van der Waals surface area (Å²) in [4.78, 5) is 24.4. The third-order valence-electron chi connectivity index (χ3n) is 5.03. The van der Waals surface area contributed by atoms with Crippen LogP contribution in [0.1, 0.15) is 32.6 Å². The number of hydrogen-bond acceptors (Lipinski definition) is 5. The lowest BCUT2D eigenvalue weighted by molar-refractivity contribution is -0.118. The monoisotopic (exact) mass is 445 g/mol. The molecule has 170 valence electrons. The summed E-state index contributed by atoms with van der Waals surface area (Å²) in [6, 6.07) is 18.1. The van der Waals surface area contributed by atoms with Crippen LogP contribution in [-0.2, 0) is 4.79 Å². The minimum atomic E-state index is -0.298. The van der Waals surface area contributed by atoms with Gasteiger partial charge in [-0.3, -0.25) is 9.59 Å². The molecule has 0 spiro atoms. The fourth-order valence-electron chi connectivity index (χ4n) is 2.98. The minimum Gasteiger partial charge on any atom is -0.493 e. The molecule has 3 aromatic carbocycles. The number of anilines is 1. The zero-order chi connectivity index (χ0) is 23.8. The van der Waals surface area contributed by atoms with Crippen LogP contribution in [0.5, 0.6) is 11.5 Å². The SMILES string of the molecule is COc1cc(/C=N/NC(=O)c2ccc(C)cc2)ccc1OCC(=O)Nc1ccc(C)c(C)c1. The van der Waals surface area contributed by atoms with Gasteiger partial charge >= 0.3 is 0 Å². The Morgan fingerprint density at radius 3 is 2.36 bits per heavy atom. The van der Waals surface area contributed by atoms with Crippen LogP contribution in [0.2, 0.25) is 0 Å². The van der Waals surface area contributed by atoms with E-state index in [1.807, 2.05) is 51.1 Å². The van der Waals surface area contributed by atoms with Crippen molar-refractivity contribution in [3.8, 4) is 11.5 Å². The number of nitrogens with one attached hydrogen (secondary N) is 2. The van der Waals surface area contributed by atoms with Gasteiger partial charge in [-0.05, 0) is 79.9 Å². The molecular weight excluding hydrogens is 418 g/mol. The number of hydrogen-bond donors (Lipinski definition) is 2. The molecule has 0 radical (unpaired) electrons. The van der Waals surface area contributed by atoms with Crippen LogP contribution in [-0.4, -0.2) is 31.7 Å². The molecule has 33 heavy (non-hydrogen) atoms. The van der Waals surface area contributed by atoms with Crippen LogP contribution in [0.4, 0.5) is 5.69 Å². The molecule has 0 fully saturated rings. The van der Waals surface area contributed by atoms with Crippen molar-refractivity contribution in [1.82, 2.24) is 5.43 Å². The van der Waals surface area contributed by atoms with Gasteiger partial charge in [-0.1, -0.05) is 23.8 Å². The summed E-state index contributed by atoms with van der Waals surface area (Å²) < 4.78 is 11.0. The zero-order valence-electron chi connectivity index (χ0n) is 19.1. The van der Waals surface area contributed by atoms with Crippen molar-refractivity contribution in [2.45, 2.75) is 20.8 Å². The Hall–Kier alpha value is -4.13. The number of carbonyl (C=O) groups is 2. The van der Waals surface area contributed by atoms with E-state index in [9.17, 15) is 9.59 Å². The molecule has 0 unspecified atom stereocenters. The van der Waals surface area contributed by atoms with Crippen molar-refractivity contribution in [2.75, 3.05) is 19.0 Å². The summed E-state index contributed by atoms with van der Waals surface area (Å²) >= 11 is 0. The summed E-state index contributed by atoms with van der Waals surface area (Å²) in [5.41, 5.74) is 7.77. The number of benzene rings is 3. The molecule has 0 saturated heterocycles. The van der Waals surface area contributed by atoms with Crippen LogP contribution < -0.4 is 20.2 Å². The zero-order valence-corrected chi connectivity index (χ0v) is 19.1. The second-order valence-corrected chi connectivity index (χ2v) is 7.61. The Morgan fingerprint density at radius 1 is 0.909 bits per heavy atom. The van der Waals surface area contributed by atoms with E-state index >= 15 is 0 Å². The van der Waals surface area contributed by atoms with Gasteiger partial charge in [-0.25, -0.2) is 5.43 Å². The summed E-state index contributed by atoms with van der Waals surface area (Å²) in [6.07, 6.45) is 1.50. The molecule has 2 amide bonds. The van der Waals surface area contributed by atoms with Crippen molar-refractivity contribution >= 4 is 23.7 Å². The molecule has 3 rings (SSSR count). The van der Waals surface area contributed by atoms with E-state index in [1.165, 1.54) is 13.3 Å². The molecule has 0 bridgehead atoms. The predicted molar refractivity (Wildman–Crippen MR) is 129 cm³/mol. The van der Waals surface area contributed by atoms with E-state index in [0.29, 0.717) is 22.6 Å². The highest BCUT2D eigenvalue weighted by Crippen LogP contribution is 2.27. The van der Waals surface area contributed by atoms with Gasteiger partial charge < -0.3 is 14.8 Å². The average molecular weight is 446 g/mol. The highest BCUT2D eigenvalue weighted by atomic mass is 16.5. The predicted octanol–water partition coefficient (Wildman–Crippen LogP) is 4.40. The molecule has 0 aliphatic heterocycles. The number of aryl methyl sites for hydroxylation is 3. The lowest BCUT2D eigenvalue weighted by atomic mass is 10.1. The van der Waals surface area contributed by atoms with Crippen molar-refractivity contribution < 1.29 is 19.1 Å². The van der Waals surface area contributed by atoms with Crippen molar-refractivity contribution in [2.24, 2.45) is 5.10 Å². The number of nitrogens with zero attached hydrogens (tertiary/aromatic N) is 1. The van der Waals surface area contributed by atoms with Gasteiger partial charge in [0.25, 0.3) is 11.8 Å². The maximum absolute atomic E-state index is 12.3. The fraction of sp³-hybridized carbons (Fsp3) is 0.192. The highest BCUT2D eigenvalue weighted by Gasteiger charge is 2.09. The summed E-state index contributed by atoms with van der Waals surface area (Å²) in [5, 5.41) is 6.81. The van der Waals surface area contributed by atoms with Gasteiger partial charge in [0.15, 0.2) is 18.1 Å². The van der Waals surface area contributed by atoms with Crippen LogP contribution >= 0.6 is 0 Å². The van der Waals surface area contributed by atoms with Crippen LogP contribution in [0, 0.1) is 20.8 Å². The molecule has 0 saturated carbocycles. The first kappa shape index (κ1) is 23.5. The quantitative estimate of drug-likeness (QED) is 0.397. The molecule has 0 aliphatic carbocycles. The summed E-state index contributed by atoms with van der Waals surface area (Å²) in [5.74, 6) is 0.300. The number of ether oxygens (including phenoxy) is 2. The highest BCUT2D eigenvalue weighted by molar-refractivity contribution is 5.95. The molecule has 0 aliphatic rings. The third kappa shape index (κ3) is 6.67. The third-order valence-corrected chi connectivity index (χ3v) is 5.03. The topological polar surface area (TPSA) is 89.0 Å². The van der Waals surface area contributed by atoms with Gasteiger partial charge in [0.1, 0.15) is 0 Å². The normalized spacial score (nSPS) is 10.7. The summed E-state index contributed by atoms with van der Waals surface area (Å²) in [6.45, 7) is 5.80. The van der Waals surface area contributed by atoms with E-state index in [2.05, 4.69) is 15.8 Å². The number of amides is 2. The van der Waals surface area contributed by atoms with E-state index in [1.54, 1.807) is 30.3 Å². The minimum absolute atomic E-state index is 0.163. The van der Waals surface area contributed by atoms with Gasteiger partial charge in [-0.2, -0.15) is 5.10 Å². The molecule has 3 aromatic rings. The molecular formula is C26H27N3O4. The number of hydrazone groups is 1. The van der Waals surface area contributed by atoms with Crippen molar-refractivity contribution in [3.05, 3.63) is 88.5 Å². The Labute approximate surface area is 193 Å². The second-order valence-electron chi connectivity index (χ2n) is 7.61. The summed E-state index contributed by atoms with van der Waals surface area (Å²) in [7, 11) is 1.51. The number of carbonyl (C=O) groups excluding carboxylic acids is 2. The maximum atomic E-state index is 12.3. The fourth-order valence-corrected chi connectivity index (χ4v) is 2.98. The van der Waals surface area contributed by atoms with Crippen LogP contribution in [0.3, 0.4) is 0 Å². The first-order chi connectivity index (χ1) is 15.9. The van der Waals surface area contributed by atoms with Gasteiger partial charge in [-0.15, -0.1) is 0 Å². The van der Waals surface area contributed by atoms with Gasteiger partial charge in [0, 0.05) is 11.3 Å². The lowest BCUT2D eigenvalue weighted by Crippen LogP contribution is -2.20. The molecule has 0 heterocycles. The molecule has 7 nitrogen and oxygen atoms in total. The molecule has 0 aromatic heterocycles. The maximum Gasteiger partial charge on any atom is 0.271 e. The second kappa shape index (κ2) is 10.9. The van der Waals surface area contributed by atoms with E-state index < -0.39 is 0 Å². The number of methoxy groups -OCH3 is 1. The van der Waals surface area contributed by atoms with E-state index in [0.717, 1.165) is 22.4 Å². The first-order valence-corrected chi connectivity index (χ1v) is 10.4. The Balaban J connectivity index is 1.56. The van der Waals surface area contributed by atoms with Crippen LogP contribution in [0.25, 0.3) is 0 Å². The van der Waals surface area contributed by atoms with E-state index in [4.69, 9.17) is 9.47 Å². The first-order valence-electron chi connectivity index (χ1n) is 10.4. The van der Waals surface area contributed by atoms with E-state index in [-0.39, 0.29) is 18.4 Å². The molecule has 7 heteroatoms. The Kier molecular flexibility index (Phi) is 7.81. The molecule has 2 N–H and O–H groups in total. The van der Waals surface area contributed by atoms with Crippen LogP contribution in [0.15, 0.2) is 65.8 Å².